The second kappa shape index (κ2) is 3.66. The van der Waals surface area contributed by atoms with E-state index in [1.807, 2.05) is 6.92 Å². The molecule has 80 valence electrons. The van der Waals surface area contributed by atoms with Crippen LogP contribution in [0.15, 0.2) is 24.3 Å². The van der Waals surface area contributed by atoms with Crippen molar-refractivity contribution in [3.63, 3.8) is 0 Å². The number of hydrogen-bond donors (Lipinski definition) is 1. The molecule has 0 aromatic heterocycles. The van der Waals surface area contributed by atoms with Crippen molar-refractivity contribution < 1.29 is 14.6 Å². The van der Waals surface area contributed by atoms with Gasteiger partial charge in [-0.15, -0.1) is 0 Å². The summed E-state index contributed by atoms with van der Waals surface area (Å²) >= 11 is 0. The van der Waals surface area contributed by atoms with Gasteiger partial charge in [-0.25, -0.2) is 0 Å². The topological polar surface area (TPSA) is 46.5 Å². The molecule has 1 aliphatic rings. The van der Waals surface area contributed by atoms with E-state index in [0.29, 0.717) is 5.56 Å². The molecule has 1 N–H and O–H groups in total. The minimum atomic E-state index is -0.459. The van der Waals surface area contributed by atoms with Crippen molar-refractivity contribution in [3.05, 3.63) is 29.8 Å². The van der Waals surface area contributed by atoms with Gasteiger partial charge in [-0.05, 0) is 30.2 Å². The standard InChI is InChI=1S/C12H14O3/c1-7-10(11(7)13)12(14)8-3-5-9(15-2)6-4-8/h3-7,10-11,13H,1-2H3. The molecule has 0 spiro atoms. The fourth-order valence-electron chi connectivity index (χ4n) is 1.78. The van der Waals surface area contributed by atoms with Crippen LogP contribution in [0.25, 0.3) is 0 Å². The minimum absolute atomic E-state index is 0.0256. The Kier molecular flexibility index (Phi) is 2.49. The maximum atomic E-state index is 11.8. The number of rotatable bonds is 3. The first-order valence-electron chi connectivity index (χ1n) is 5.01. The predicted octanol–water partition coefficient (Wildman–Crippen LogP) is 1.50. The fraction of sp³-hybridized carbons (Fsp3) is 0.417. The summed E-state index contributed by atoms with van der Waals surface area (Å²) in [6, 6.07) is 6.98. The fourth-order valence-corrected chi connectivity index (χ4v) is 1.78. The maximum absolute atomic E-state index is 11.8. The van der Waals surface area contributed by atoms with Gasteiger partial charge in [-0.1, -0.05) is 6.92 Å². The highest BCUT2D eigenvalue weighted by molar-refractivity contribution is 6.00. The molecule has 0 radical (unpaired) electrons. The number of aliphatic hydroxyl groups is 1. The van der Waals surface area contributed by atoms with Crippen LogP contribution in [0, 0.1) is 11.8 Å². The van der Waals surface area contributed by atoms with Gasteiger partial charge in [-0.3, -0.25) is 4.79 Å². The Hall–Kier alpha value is -1.35. The SMILES string of the molecule is COc1ccc(C(=O)C2C(C)C2O)cc1. The molecular weight excluding hydrogens is 192 g/mol. The molecule has 1 aromatic carbocycles. The van der Waals surface area contributed by atoms with Crippen molar-refractivity contribution in [2.75, 3.05) is 7.11 Å². The summed E-state index contributed by atoms with van der Waals surface area (Å²) in [7, 11) is 1.59. The highest BCUT2D eigenvalue weighted by Crippen LogP contribution is 2.40. The molecule has 0 bridgehead atoms. The van der Waals surface area contributed by atoms with Gasteiger partial charge in [0.1, 0.15) is 5.75 Å². The molecule has 0 aliphatic heterocycles. The third-order valence-electron chi connectivity index (χ3n) is 3.01. The van der Waals surface area contributed by atoms with Gasteiger partial charge in [0.15, 0.2) is 5.78 Å². The summed E-state index contributed by atoms with van der Waals surface area (Å²) in [5.74, 6) is 0.645. The Morgan fingerprint density at radius 1 is 1.33 bits per heavy atom. The molecule has 3 unspecified atom stereocenters. The van der Waals surface area contributed by atoms with E-state index in [4.69, 9.17) is 4.74 Å². The molecule has 1 fully saturated rings. The van der Waals surface area contributed by atoms with E-state index >= 15 is 0 Å². The molecule has 1 aliphatic carbocycles. The lowest BCUT2D eigenvalue weighted by atomic mass is 10.1. The third kappa shape index (κ3) is 1.75. The predicted molar refractivity (Wildman–Crippen MR) is 56.0 cm³/mol. The number of aliphatic hydroxyl groups excluding tert-OH is 1. The number of hydrogen-bond acceptors (Lipinski definition) is 3. The molecule has 1 aromatic rings. The van der Waals surface area contributed by atoms with E-state index in [9.17, 15) is 9.90 Å². The first-order valence-corrected chi connectivity index (χ1v) is 5.01. The summed E-state index contributed by atoms with van der Waals surface area (Å²) in [5.41, 5.74) is 0.643. The van der Waals surface area contributed by atoms with E-state index < -0.39 is 6.10 Å². The number of ketones is 1. The second-order valence-corrected chi connectivity index (χ2v) is 3.97. The number of Topliss-reactive ketones (excluding diaryl/α,β-unsaturated/α-hetero) is 1. The minimum Gasteiger partial charge on any atom is -0.497 e. The Morgan fingerprint density at radius 2 is 1.87 bits per heavy atom. The molecular formula is C12H14O3. The summed E-state index contributed by atoms with van der Waals surface area (Å²) < 4.78 is 5.01. The lowest BCUT2D eigenvalue weighted by Gasteiger charge is -2.01. The summed E-state index contributed by atoms with van der Waals surface area (Å²) in [4.78, 5) is 11.8. The quantitative estimate of drug-likeness (QED) is 0.762. The monoisotopic (exact) mass is 206 g/mol. The zero-order valence-electron chi connectivity index (χ0n) is 8.81. The van der Waals surface area contributed by atoms with Crippen molar-refractivity contribution in [1.82, 2.24) is 0 Å². The van der Waals surface area contributed by atoms with Crippen LogP contribution in [0.1, 0.15) is 17.3 Å². The van der Waals surface area contributed by atoms with Gasteiger partial charge in [0.05, 0.1) is 19.1 Å². The highest BCUT2D eigenvalue weighted by Gasteiger charge is 2.50. The van der Waals surface area contributed by atoms with Crippen molar-refractivity contribution >= 4 is 5.78 Å². The Labute approximate surface area is 88.7 Å². The van der Waals surface area contributed by atoms with E-state index in [-0.39, 0.29) is 17.6 Å². The van der Waals surface area contributed by atoms with Gasteiger partial charge in [0.25, 0.3) is 0 Å². The van der Waals surface area contributed by atoms with Crippen LogP contribution >= 0.6 is 0 Å². The van der Waals surface area contributed by atoms with Crippen molar-refractivity contribution in [1.29, 1.82) is 0 Å². The van der Waals surface area contributed by atoms with Gasteiger partial charge in [0.2, 0.25) is 0 Å². The molecule has 0 heterocycles. The number of ether oxygens (including phenoxy) is 1. The van der Waals surface area contributed by atoms with Crippen molar-refractivity contribution in [3.8, 4) is 5.75 Å². The molecule has 2 rings (SSSR count). The van der Waals surface area contributed by atoms with Crippen LogP contribution in [-0.2, 0) is 0 Å². The van der Waals surface area contributed by atoms with E-state index in [1.165, 1.54) is 0 Å². The number of carbonyl (C=O) groups is 1. The third-order valence-corrected chi connectivity index (χ3v) is 3.01. The molecule has 3 heteroatoms. The lowest BCUT2D eigenvalue weighted by molar-refractivity contribution is 0.0941. The van der Waals surface area contributed by atoms with Gasteiger partial charge < -0.3 is 9.84 Å². The summed E-state index contributed by atoms with van der Waals surface area (Å²) in [6.45, 7) is 1.89. The molecule has 0 amide bonds. The Bertz CT molecular complexity index is 361. The molecule has 3 nitrogen and oxygen atoms in total. The van der Waals surface area contributed by atoms with Crippen LogP contribution in [0.5, 0.6) is 5.75 Å². The number of carbonyl (C=O) groups excluding carboxylic acids is 1. The van der Waals surface area contributed by atoms with E-state index in [1.54, 1.807) is 31.4 Å². The lowest BCUT2D eigenvalue weighted by Crippen LogP contribution is -2.05. The molecule has 3 atom stereocenters. The first-order chi connectivity index (χ1) is 7.15. The molecule has 0 saturated heterocycles. The average Bonchev–Trinajstić information content (AvgIpc) is 2.86. The smallest absolute Gasteiger partial charge is 0.168 e. The molecule has 1 saturated carbocycles. The van der Waals surface area contributed by atoms with Gasteiger partial charge >= 0.3 is 0 Å². The summed E-state index contributed by atoms with van der Waals surface area (Å²) in [6.07, 6.45) is -0.459. The Morgan fingerprint density at radius 3 is 2.27 bits per heavy atom. The number of methoxy groups -OCH3 is 1. The second-order valence-electron chi connectivity index (χ2n) is 3.97. The van der Waals surface area contributed by atoms with Gasteiger partial charge in [-0.2, -0.15) is 0 Å². The first kappa shape index (κ1) is 10.2. The van der Waals surface area contributed by atoms with Crippen molar-refractivity contribution in [2.24, 2.45) is 11.8 Å². The number of benzene rings is 1. The average molecular weight is 206 g/mol. The van der Waals surface area contributed by atoms with E-state index in [2.05, 4.69) is 0 Å². The van der Waals surface area contributed by atoms with Crippen LogP contribution in [0.4, 0.5) is 0 Å². The van der Waals surface area contributed by atoms with Crippen LogP contribution < -0.4 is 4.74 Å². The largest absolute Gasteiger partial charge is 0.497 e. The zero-order valence-corrected chi connectivity index (χ0v) is 8.81. The normalized spacial score (nSPS) is 28.6. The Balaban J connectivity index is 2.13. The van der Waals surface area contributed by atoms with Gasteiger partial charge in [0, 0.05) is 5.56 Å². The van der Waals surface area contributed by atoms with Crippen LogP contribution in [-0.4, -0.2) is 24.1 Å². The summed E-state index contributed by atoms with van der Waals surface area (Å²) in [5, 5.41) is 9.38. The maximum Gasteiger partial charge on any atom is 0.168 e. The highest BCUT2D eigenvalue weighted by atomic mass is 16.5. The zero-order chi connectivity index (χ0) is 11.0. The van der Waals surface area contributed by atoms with E-state index in [0.717, 1.165) is 5.75 Å². The van der Waals surface area contributed by atoms with Crippen LogP contribution in [0.3, 0.4) is 0 Å². The van der Waals surface area contributed by atoms with Crippen LogP contribution in [0.2, 0.25) is 0 Å². The van der Waals surface area contributed by atoms with Crippen molar-refractivity contribution in [2.45, 2.75) is 13.0 Å². The molecule has 15 heavy (non-hydrogen) atoms.